The van der Waals surface area contributed by atoms with Gasteiger partial charge in [0.1, 0.15) is 0 Å². The van der Waals surface area contributed by atoms with Crippen LogP contribution in [0.15, 0.2) is 46.0 Å². The van der Waals surface area contributed by atoms with Gasteiger partial charge >= 0.3 is 5.76 Å². The lowest BCUT2D eigenvalue weighted by atomic mass is 10.0. The molecule has 0 unspecified atom stereocenters. The normalized spacial score (nSPS) is 20.2. The fourth-order valence-corrected chi connectivity index (χ4v) is 3.56. The van der Waals surface area contributed by atoms with Crippen LogP contribution in [0, 0.1) is 0 Å². The van der Waals surface area contributed by atoms with Crippen LogP contribution >= 0.6 is 0 Å². The summed E-state index contributed by atoms with van der Waals surface area (Å²) in [6.45, 7) is 1.34. The number of hydrogen-bond acceptors (Lipinski definition) is 5. The summed E-state index contributed by atoms with van der Waals surface area (Å²) in [6, 6.07) is 7.07. The molecule has 0 saturated carbocycles. The van der Waals surface area contributed by atoms with Crippen LogP contribution in [0.1, 0.15) is 18.0 Å². The molecule has 3 aromatic rings. The number of oxazole rings is 1. The smallest absolute Gasteiger partial charge is 0.408 e. The molecule has 4 rings (SSSR count). The van der Waals surface area contributed by atoms with Gasteiger partial charge in [-0.15, -0.1) is 0 Å². The Hall–Kier alpha value is -2.87. The van der Waals surface area contributed by atoms with E-state index >= 15 is 0 Å². The minimum atomic E-state index is -0.441. The zero-order valence-corrected chi connectivity index (χ0v) is 14.5. The molecule has 136 valence electrons. The molecule has 0 radical (unpaired) electrons. The number of likely N-dealkylation sites (tertiary alicyclic amines) is 1. The second-order valence-electron chi connectivity index (χ2n) is 6.77. The summed E-state index contributed by atoms with van der Waals surface area (Å²) >= 11 is 0. The minimum absolute atomic E-state index is 0.0175. The molecule has 2 aromatic heterocycles. The average Bonchev–Trinajstić information content (AvgIpc) is 3.29. The number of aryl methyl sites for hydroxylation is 2. The van der Waals surface area contributed by atoms with Gasteiger partial charge in [-0.2, -0.15) is 0 Å². The molecule has 0 aliphatic carbocycles. The minimum Gasteiger partial charge on any atom is -0.408 e. The van der Waals surface area contributed by atoms with Crippen LogP contribution in [0.5, 0.6) is 0 Å². The third-order valence-electron chi connectivity index (χ3n) is 4.95. The maximum Gasteiger partial charge on any atom is 0.419 e. The van der Waals surface area contributed by atoms with Gasteiger partial charge in [-0.05, 0) is 12.1 Å². The second-order valence-corrected chi connectivity index (χ2v) is 6.77. The number of fused-ring (bicyclic) bond motifs is 1. The molecule has 2 atom stereocenters. The molecule has 8 heteroatoms. The van der Waals surface area contributed by atoms with E-state index in [9.17, 15) is 9.59 Å². The van der Waals surface area contributed by atoms with E-state index in [4.69, 9.17) is 10.2 Å². The number of amides is 1. The van der Waals surface area contributed by atoms with Crippen LogP contribution in [0.2, 0.25) is 0 Å². The molecule has 1 saturated heterocycles. The monoisotopic (exact) mass is 355 g/mol. The van der Waals surface area contributed by atoms with Crippen LogP contribution < -0.4 is 11.5 Å². The largest absolute Gasteiger partial charge is 0.419 e. The van der Waals surface area contributed by atoms with Crippen molar-refractivity contribution in [1.29, 1.82) is 0 Å². The number of benzene rings is 1. The predicted octanol–water partition coefficient (Wildman–Crippen LogP) is 0.671. The summed E-state index contributed by atoms with van der Waals surface area (Å²) in [5.41, 5.74) is 8.37. The number of imidazole rings is 1. The van der Waals surface area contributed by atoms with Crippen molar-refractivity contribution in [3.05, 3.63) is 53.0 Å². The van der Waals surface area contributed by atoms with Gasteiger partial charge in [0, 0.05) is 51.3 Å². The number of nitrogens with zero attached hydrogens (tertiary/aromatic N) is 4. The average molecular weight is 355 g/mol. The summed E-state index contributed by atoms with van der Waals surface area (Å²) in [6.07, 6.45) is 3.91. The summed E-state index contributed by atoms with van der Waals surface area (Å²) in [5, 5.41) is 0. The van der Waals surface area contributed by atoms with Gasteiger partial charge in [0.05, 0.1) is 17.5 Å². The van der Waals surface area contributed by atoms with Gasteiger partial charge < -0.3 is 19.6 Å². The van der Waals surface area contributed by atoms with Gasteiger partial charge in [-0.25, -0.2) is 9.78 Å². The van der Waals surface area contributed by atoms with Crippen molar-refractivity contribution >= 4 is 17.0 Å². The van der Waals surface area contributed by atoms with Crippen LogP contribution in [0.3, 0.4) is 0 Å². The first kappa shape index (κ1) is 16.6. The highest BCUT2D eigenvalue weighted by Gasteiger charge is 2.35. The van der Waals surface area contributed by atoms with E-state index in [0.29, 0.717) is 24.2 Å². The number of hydrogen-bond donors (Lipinski definition) is 1. The quantitative estimate of drug-likeness (QED) is 0.742. The molecular weight excluding hydrogens is 334 g/mol. The highest BCUT2D eigenvalue weighted by molar-refractivity contribution is 5.77. The Kier molecular flexibility index (Phi) is 4.12. The van der Waals surface area contributed by atoms with Gasteiger partial charge in [0.25, 0.3) is 0 Å². The van der Waals surface area contributed by atoms with Crippen LogP contribution in [-0.4, -0.2) is 44.1 Å². The van der Waals surface area contributed by atoms with Crippen molar-refractivity contribution < 1.29 is 9.21 Å². The van der Waals surface area contributed by atoms with Crippen LogP contribution in [0.4, 0.5) is 0 Å². The first-order valence-electron chi connectivity index (χ1n) is 8.62. The number of carbonyl (C=O) groups excluding carboxylic acids is 1. The molecule has 26 heavy (non-hydrogen) atoms. The highest BCUT2D eigenvalue weighted by atomic mass is 16.4. The first-order valence-corrected chi connectivity index (χ1v) is 8.62. The first-order chi connectivity index (χ1) is 12.5. The van der Waals surface area contributed by atoms with Crippen molar-refractivity contribution in [2.75, 3.05) is 13.1 Å². The molecule has 0 spiro atoms. The molecule has 1 aliphatic rings. The molecule has 8 nitrogen and oxygen atoms in total. The van der Waals surface area contributed by atoms with E-state index in [-0.39, 0.29) is 30.8 Å². The fraction of sp³-hybridized carbons (Fsp3) is 0.389. The van der Waals surface area contributed by atoms with Crippen molar-refractivity contribution in [1.82, 2.24) is 19.0 Å². The molecule has 1 aliphatic heterocycles. The number of aromatic nitrogens is 3. The third kappa shape index (κ3) is 2.92. The Morgan fingerprint density at radius 2 is 2.15 bits per heavy atom. The van der Waals surface area contributed by atoms with Crippen molar-refractivity contribution in [2.45, 2.75) is 24.9 Å². The van der Waals surface area contributed by atoms with Crippen molar-refractivity contribution in [2.24, 2.45) is 12.8 Å². The standard InChI is InChI=1S/C18H21N5O3/c1-21-10-14(20-11-21)12-8-22(9-13(12)19)17(24)6-7-23-15-4-2-3-5-16(15)26-18(23)25/h2-5,10-13H,6-9,19H2,1H3/t12-,13-/m1/s1. The SMILES string of the molecule is Cn1cnc([C@@H]2CN(C(=O)CCn3c(=O)oc4ccccc43)C[C@H]2N)c1. The third-order valence-corrected chi connectivity index (χ3v) is 4.95. The van der Waals surface area contributed by atoms with E-state index < -0.39 is 5.76 Å². The Balaban J connectivity index is 1.44. The zero-order chi connectivity index (χ0) is 18.3. The topological polar surface area (TPSA) is 99.3 Å². The number of carbonyl (C=O) groups is 1. The summed E-state index contributed by atoms with van der Waals surface area (Å²) < 4.78 is 8.58. The molecule has 2 N–H and O–H groups in total. The lowest BCUT2D eigenvalue weighted by molar-refractivity contribution is -0.130. The van der Waals surface area contributed by atoms with E-state index in [2.05, 4.69) is 4.98 Å². The predicted molar refractivity (Wildman–Crippen MR) is 95.6 cm³/mol. The molecule has 0 bridgehead atoms. The Labute approximate surface area is 149 Å². The van der Waals surface area contributed by atoms with E-state index in [1.54, 1.807) is 17.3 Å². The molecule has 1 amide bonds. The number of para-hydroxylation sites is 2. The van der Waals surface area contributed by atoms with Crippen LogP contribution in [-0.2, 0) is 18.4 Å². The maximum atomic E-state index is 12.6. The fourth-order valence-electron chi connectivity index (χ4n) is 3.56. The van der Waals surface area contributed by atoms with Gasteiger partial charge in [-0.3, -0.25) is 9.36 Å². The van der Waals surface area contributed by atoms with E-state index in [1.165, 1.54) is 4.57 Å². The lowest BCUT2D eigenvalue weighted by Gasteiger charge is -2.16. The van der Waals surface area contributed by atoms with E-state index in [1.807, 2.05) is 36.0 Å². The number of rotatable bonds is 4. The van der Waals surface area contributed by atoms with Crippen LogP contribution in [0.25, 0.3) is 11.1 Å². The Morgan fingerprint density at radius 3 is 2.92 bits per heavy atom. The maximum absolute atomic E-state index is 12.6. The molecular formula is C18H21N5O3. The van der Waals surface area contributed by atoms with Crippen molar-refractivity contribution in [3.8, 4) is 0 Å². The summed E-state index contributed by atoms with van der Waals surface area (Å²) in [5.74, 6) is -0.419. The highest BCUT2D eigenvalue weighted by Crippen LogP contribution is 2.25. The zero-order valence-electron chi connectivity index (χ0n) is 14.5. The summed E-state index contributed by atoms with van der Waals surface area (Å²) in [7, 11) is 1.91. The van der Waals surface area contributed by atoms with Gasteiger partial charge in [0.2, 0.25) is 5.91 Å². The molecule has 3 heterocycles. The molecule has 1 aromatic carbocycles. The second kappa shape index (κ2) is 6.45. The van der Waals surface area contributed by atoms with Crippen molar-refractivity contribution in [3.63, 3.8) is 0 Å². The Morgan fingerprint density at radius 1 is 1.35 bits per heavy atom. The van der Waals surface area contributed by atoms with E-state index in [0.717, 1.165) is 5.69 Å². The lowest BCUT2D eigenvalue weighted by Crippen LogP contribution is -2.33. The van der Waals surface area contributed by atoms with Gasteiger partial charge in [0.15, 0.2) is 5.58 Å². The Bertz CT molecular complexity index is 1000. The summed E-state index contributed by atoms with van der Waals surface area (Å²) in [4.78, 5) is 30.7. The molecule has 1 fully saturated rings. The number of nitrogens with two attached hydrogens (primary N) is 1. The van der Waals surface area contributed by atoms with Gasteiger partial charge in [-0.1, -0.05) is 12.1 Å².